The molecule has 0 radical (unpaired) electrons. The number of nitrogens with one attached hydrogen (secondary N) is 2. The summed E-state index contributed by atoms with van der Waals surface area (Å²) in [7, 11) is 0. The molecule has 0 aliphatic heterocycles. The fourth-order valence-electron chi connectivity index (χ4n) is 1.23. The molecule has 2 aromatic rings. The maximum atomic E-state index is 9.00. The standard InChI is InChI=1S/C7H7ClN2S.C6H6ClN3.2C2H4O2.ClH.H3N/c1-11-7(9)5-2-3-10-6(8)4-5;7-5-3-4(6(8)9)1-2-10-5;2*1-2(3)4;;/h2-4,9H,1H3;1-3H,(H3,8,9);2*1H3,(H,3,4);1H;1H3. The quantitative estimate of drug-likeness (QED) is 0.192. The molecule has 0 saturated carbocycles. The summed E-state index contributed by atoms with van der Waals surface area (Å²) in [4.78, 5) is 25.6. The second-order valence-electron chi connectivity index (χ2n) is 4.72. The summed E-state index contributed by atoms with van der Waals surface area (Å²) in [5, 5.41) is 30.6. The van der Waals surface area contributed by atoms with Gasteiger partial charge >= 0.3 is 0 Å². The fourth-order valence-corrected chi connectivity index (χ4v) is 1.94. The van der Waals surface area contributed by atoms with Crippen molar-refractivity contribution in [3.63, 3.8) is 0 Å². The zero-order valence-corrected chi connectivity index (χ0v) is 20.1. The van der Waals surface area contributed by atoms with E-state index < -0.39 is 11.9 Å². The molecule has 2 rings (SSSR count). The largest absolute Gasteiger partial charge is 0.481 e. The van der Waals surface area contributed by atoms with Crippen LogP contribution in [0.15, 0.2) is 36.7 Å². The van der Waals surface area contributed by atoms with Crippen LogP contribution in [-0.2, 0) is 9.59 Å². The Morgan fingerprint density at radius 2 is 1.29 bits per heavy atom. The number of carboxylic acid groups (broad SMARTS) is 2. The van der Waals surface area contributed by atoms with Crippen LogP contribution in [0.25, 0.3) is 0 Å². The lowest BCUT2D eigenvalue weighted by atomic mass is 10.2. The summed E-state index contributed by atoms with van der Waals surface area (Å²) in [6, 6.07) is 6.63. The number of nitrogens with zero attached hydrogens (tertiary/aromatic N) is 2. The van der Waals surface area contributed by atoms with Crippen LogP contribution in [0.5, 0.6) is 0 Å². The Balaban J connectivity index is -0.000000169. The van der Waals surface area contributed by atoms with E-state index in [2.05, 4.69) is 9.97 Å². The minimum atomic E-state index is -0.833. The summed E-state index contributed by atoms with van der Waals surface area (Å²) in [6.07, 6.45) is 4.97. The number of halogens is 3. The molecule has 31 heavy (non-hydrogen) atoms. The van der Waals surface area contributed by atoms with E-state index in [1.807, 2.05) is 6.26 Å². The molecule has 10 nitrogen and oxygen atoms in total. The Morgan fingerprint density at radius 3 is 1.55 bits per heavy atom. The number of amidine groups is 1. The molecular weight excluding hydrogens is 491 g/mol. The van der Waals surface area contributed by atoms with Gasteiger partial charge in [0.1, 0.15) is 16.1 Å². The normalized spacial score (nSPS) is 8.03. The number of hydrogen-bond acceptors (Lipinski definition) is 8. The van der Waals surface area contributed by atoms with E-state index >= 15 is 0 Å². The third kappa shape index (κ3) is 23.7. The fraction of sp³-hybridized carbons (Fsp3) is 0.176. The first-order valence-corrected chi connectivity index (χ1v) is 9.48. The van der Waals surface area contributed by atoms with Crippen LogP contribution in [-0.4, -0.2) is 49.3 Å². The number of carboxylic acids is 2. The Kier molecular flexibility index (Phi) is 24.2. The maximum absolute atomic E-state index is 9.00. The molecule has 0 aliphatic carbocycles. The minimum Gasteiger partial charge on any atom is -0.481 e. The highest BCUT2D eigenvalue weighted by atomic mass is 35.5. The predicted octanol–water partition coefficient (Wildman–Crippen LogP) is 4.21. The van der Waals surface area contributed by atoms with Crippen molar-refractivity contribution in [2.75, 3.05) is 6.26 Å². The van der Waals surface area contributed by atoms with E-state index in [1.54, 1.807) is 30.5 Å². The van der Waals surface area contributed by atoms with Crippen LogP contribution in [0.4, 0.5) is 0 Å². The van der Waals surface area contributed by atoms with Gasteiger partial charge in [0.2, 0.25) is 0 Å². The molecule has 0 amide bonds. The summed E-state index contributed by atoms with van der Waals surface area (Å²) in [6.45, 7) is 2.17. The Morgan fingerprint density at radius 1 is 0.968 bits per heavy atom. The van der Waals surface area contributed by atoms with E-state index in [0.29, 0.717) is 20.9 Å². The predicted molar refractivity (Wildman–Crippen MR) is 129 cm³/mol. The highest BCUT2D eigenvalue weighted by Crippen LogP contribution is 2.12. The molecule has 0 bridgehead atoms. The monoisotopic (exact) mass is 514 g/mol. The number of pyridine rings is 2. The lowest BCUT2D eigenvalue weighted by Gasteiger charge is -1.98. The third-order valence-electron chi connectivity index (χ3n) is 2.23. The molecule has 0 atom stereocenters. The Labute approximate surface area is 200 Å². The summed E-state index contributed by atoms with van der Waals surface area (Å²) in [5.41, 5.74) is 6.59. The number of rotatable bonds is 2. The molecule has 0 saturated heterocycles. The Bertz CT molecular complexity index is 823. The summed E-state index contributed by atoms with van der Waals surface area (Å²) >= 11 is 12.5. The molecule has 0 aliphatic rings. The molecule has 174 valence electrons. The smallest absolute Gasteiger partial charge is 0.300 e. The van der Waals surface area contributed by atoms with E-state index in [-0.39, 0.29) is 24.4 Å². The molecule has 2 aromatic heterocycles. The first-order chi connectivity index (χ1) is 13.4. The molecule has 0 spiro atoms. The van der Waals surface area contributed by atoms with Gasteiger partial charge in [0.25, 0.3) is 11.9 Å². The van der Waals surface area contributed by atoms with Crippen LogP contribution in [0, 0.1) is 10.8 Å². The third-order valence-corrected chi connectivity index (χ3v) is 3.29. The number of nitrogen functional groups attached to an aromatic ring is 1. The van der Waals surface area contributed by atoms with Gasteiger partial charge in [0.15, 0.2) is 0 Å². The average Bonchev–Trinajstić information content (AvgIpc) is 2.60. The molecule has 0 unspecified atom stereocenters. The topological polar surface area (TPSA) is 209 Å². The molecule has 14 heteroatoms. The van der Waals surface area contributed by atoms with Crippen molar-refractivity contribution >= 4 is 70.2 Å². The van der Waals surface area contributed by atoms with Crippen LogP contribution < -0.4 is 11.9 Å². The molecule has 9 N–H and O–H groups in total. The molecule has 0 fully saturated rings. The summed E-state index contributed by atoms with van der Waals surface area (Å²) < 4.78 is 0. The number of aromatic nitrogens is 2. The van der Waals surface area contributed by atoms with Gasteiger partial charge in [-0.2, -0.15) is 0 Å². The minimum absolute atomic E-state index is 0. The number of nitrogens with two attached hydrogens (primary N) is 1. The van der Waals surface area contributed by atoms with Crippen LogP contribution in [0.1, 0.15) is 25.0 Å². The van der Waals surface area contributed by atoms with Gasteiger partial charge in [0, 0.05) is 37.4 Å². The SMILES string of the molecule is CC(=O)O.CC(=O)O.CSC(=N)c1ccnc(Cl)c1.Cl.N.N=C(N)c1ccnc(Cl)c1. The van der Waals surface area contributed by atoms with Crippen LogP contribution in [0.3, 0.4) is 0 Å². The first kappa shape index (κ1) is 36.0. The van der Waals surface area contributed by atoms with E-state index in [9.17, 15) is 0 Å². The summed E-state index contributed by atoms with van der Waals surface area (Å²) in [5.74, 6) is -1.66. The van der Waals surface area contributed by atoms with Gasteiger partial charge in [-0.05, 0) is 30.5 Å². The number of carbonyl (C=O) groups is 2. The van der Waals surface area contributed by atoms with Crippen molar-refractivity contribution in [2.24, 2.45) is 5.73 Å². The lowest BCUT2D eigenvalue weighted by molar-refractivity contribution is -0.135. The van der Waals surface area contributed by atoms with Gasteiger partial charge in [-0.15, -0.1) is 24.2 Å². The van der Waals surface area contributed by atoms with Crippen molar-refractivity contribution in [1.29, 1.82) is 10.8 Å². The highest BCUT2D eigenvalue weighted by Gasteiger charge is 1.99. The van der Waals surface area contributed by atoms with Gasteiger partial charge in [-0.25, -0.2) is 9.97 Å². The van der Waals surface area contributed by atoms with Crippen molar-refractivity contribution in [3.05, 3.63) is 58.1 Å². The van der Waals surface area contributed by atoms with Crippen molar-refractivity contribution in [1.82, 2.24) is 16.1 Å². The zero-order valence-electron chi connectivity index (χ0n) is 16.9. The second-order valence-corrected chi connectivity index (χ2v) is 6.31. The second kappa shape index (κ2) is 20.8. The van der Waals surface area contributed by atoms with Crippen molar-refractivity contribution in [2.45, 2.75) is 13.8 Å². The van der Waals surface area contributed by atoms with E-state index in [1.165, 1.54) is 18.0 Å². The maximum Gasteiger partial charge on any atom is 0.300 e. The van der Waals surface area contributed by atoms with Gasteiger partial charge < -0.3 is 22.1 Å². The first-order valence-electron chi connectivity index (χ1n) is 7.50. The van der Waals surface area contributed by atoms with Gasteiger partial charge in [-0.1, -0.05) is 23.2 Å². The average molecular weight is 516 g/mol. The van der Waals surface area contributed by atoms with Crippen molar-refractivity contribution in [3.8, 4) is 0 Å². The number of aliphatic carboxylic acids is 2. The number of thioether (sulfide) groups is 1. The molecule has 0 aromatic carbocycles. The lowest BCUT2D eigenvalue weighted by Crippen LogP contribution is -2.10. The molecule has 2 heterocycles. The Hall–Kier alpha value is -2.44. The zero-order chi connectivity index (χ0) is 23.0. The van der Waals surface area contributed by atoms with Crippen molar-refractivity contribution < 1.29 is 19.8 Å². The highest BCUT2D eigenvalue weighted by molar-refractivity contribution is 8.13. The van der Waals surface area contributed by atoms with E-state index in [4.69, 9.17) is 59.6 Å². The number of hydrogen-bond donors (Lipinski definition) is 6. The van der Waals surface area contributed by atoms with Crippen LogP contribution in [0.2, 0.25) is 10.3 Å². The van der Waals surface area contributed by atoms with Gasteiger partial charge in [0.05, 0.1) is 5.04 Å². The van der Waals surface area contributed by atoms with E-state index in [0.717, 1.165) is 19.4 Å². The van der Waals surface area contributed by atoms with Gasteiger partial charge in [-0.3, -0.25) is 20.4 Å². The van der Waals surface area contributed by atoms with Crippen LogP contribution >= 0.6 is 47.4 Å². The molecular formula is C17H25Cl3N6O4S.